The van der Waals surface area contributed by atoms with Gasteiger partial charge in [-0.1, -0.05) is 12.1 Å². The first-order valence-corrected chi connectivity index (χ1v) is 9.51. The molecule has 7 heteroatoms. The second-order valence-electron chi connectivity index (χ2n) is 7.19. The van der Waals surface area contributed by atoms with Crippen molar-refractivity contribution in [3.8, 4) is 17.2 Å². The highest BCUT2D eigenvalue weighted by molar-refractivity contribution is 5.96. The maximum absolute atomic E-state index is 13.4. The van der Waals surface area contributed by atoms with Crippen LogP contribution in [-0.2, 0) is 22.6 Å². The number of fused-ring (bicyclic) bond motifs is 3. The summed E-state index contributed by atoms with van der Waals surface area (Å²) in [6, 6.07) is 10.6. The summed E-state index contributed by atoms with van der Waals surface area (Å²) in [4.78, 5) is 29.5. The molecule has 0 aliphatic carbocycles. The summed E-state index contributed by atoms with van der Waals surface area (Å²) in [6.45, 7) is 0.986. The molecule has 29 heavy (non-hydrogen) atoms. The Morgan fingerprint density at radius 1 is 0.966 bits per heavy atom. The summed E-state index contributed by atoms with van der Waals surface area (Å²) < 4.78 is 16.0. The fraction of sp³-hybridized carbons (Fsp3) is 0.364. The third-order valence-corrected chi connectivity index (χ3v) is 5.60. The molecule has 1 saturated heterocycles. The van der Waals surface area contributed by atoms with Gasteiger partial charge in [-0.2, -0.15) is 0 Å². The van der Waals surface area contributed by atoms with Gasteiger partial charge >= 0.3 is 0 Å². The zero-order chi connectivity index (χ0) is 20.5. The van der Waals surface area contributed by atoms with Crippen molar-refractivity contribution in [3.05, 3.63) is 53.1 Å². The second-order valence-corrected chi connectivity index (χ2v) is 7.19. The zero-order valence-corrected chi connectivity index (χ0v) is 16.8. The first-order chi connectivity index (χ1) is 14.0. The molecule has 1 atom stereocenters. The van der Waals surface area contributed by atoms with E-state index < -0.39 is 6.04 Å². The Morgan fingerprint density at radius 2 is 1.66 bits per heavy atom. The van der Waals surface area contributed by atoms with Crippen LogP contribution in [0.1, 0.15) is 22.7 Å². The van der Waals surface area contributed by atoms with Gasteiger partial charge in [0.15, 0.2) is 11.5 Å². The third kappa shape index (κ3) is 3.37. The van der Waals surface area contributed by atoms with E-state index in [-0.39, 0.29) is 18.4 Å². The van der Waals surface area contributed by atoms with Crippen LogP contribution in [0.2, 0.25) is 0 Å². The molecule has 2 aliphatic heterocycles. The minimum Gasteiger partial charge on any atom is -0.497 e. The molecular formula is C22H24N2O5. The first kappa shape index (κ1) is 19.1. The Balaban J connectivity index is 1.66. The van der Waals surface area contributed by atoms with Crippen molar-refractivity contribution >= 4 is 11.8 Å². The van der Waals surface area contributed by atoms with Crippen molar-refractivity contribution in [3.63, 3.8) is 0 Å². The molecular weight excluding hydrogens is 372 g/mol. The van der Waals surface area contributed by atoms with Crippen molar-refractivity contribution in [1.29, 1.82) is 0 Å². The zero-order valence-electron chi connectivity index (χ0n) is 16.8. The molecule has 1 fully saturated rings. The number of carbonyl (C=O) groups is 2. The number of ether oxygens (including phenoxy) is 3. The monoisotopic (exact) mass is 396 g/mol. The number of hydrogen-bond acceptors (Lipinski definition) is 5. The SMILES string of the molecule is COc1ccc(CN2CC(=O)N3CCc4cc(OC)c(OC)cc4C3C2=O)cc1. The third-order valence-electron chi connectivity index (χ3n) is 5.60. The van der Waals surface area contributed by atoms with Crippen LogP contribution in [-0.4, -0.2) is 56.0 Å². The van der Waals surface area contributed by atoms with E-state index in [1.54, 1.807) is 31.1 Å². The van der Waals surface area contributed by atoms with Gasteiger partial charge in [0, 0.05) is 13.1 Å². The van der Waals surface area contributed by atoms with E-state index in [2.05, 4.69) is 0 Å². The van der Waals surface area contributed by atoms with Crippen LogP contribution in [0.4, 0.5) is 0 Å². The van der Waals surface area contributed by atoms with Crippen LogP contribution in [0.15, 0.2) is 36.4 Å². The second kappa shape index (κ2) is 7.66. The van der Waals surface area contributed by atoms with E-state index >= 15 is 0 Å². The summed E-state index contributed by atoms with van der Waals surface area (Å²) in [6.07, 6.45) is 0.684. The summed E-state index contributed by atoms with van der Waals surface area (Å²) in [7, 11) is 4.76. The highest BCUT2D eigenvalue weighted by Crippen LogP contribution is 2.40. The van der Waals surface area contributed by atoms with E-state index in [1.807, 2.05) is 36.4 Å². The lowest BCUT2D eigenvalue weighted by Crippen LogP contribution is -2.57. The minimum absolute atomic E-state index is 0.0384. The lowest BCUT2D eigenvalue weighted by Gasteiger charge is -2.43. The van der Waals surface area contributed by atoms with Gasteiger partial charge in [-0.25, -0.2) is 0 Å². The largest absolute Gasteiger partial charge is 0.497 e. The van der Waals surface area contributed by atoms with Crippen molar-refractivity contribution < 1.29 is 23.8 Å². The van der Waals surface area contributed by atoms with Gasteiger partial charge in [-0.3, -0.25) is 9.59 Å². The summed E-state index contributed by atoms with van der Waals surface area (Å²) in [5.41, 5.74) is 2.77. The number of piperazine rings is 1. The highest BCUT2D eigenvalue weighted by Gasteiger charge is 2.43. The molecule has 2 aliphatic rings. The molecule has 2 heterocycles. The molecule has 0 spiro atoms. The number of nitrogens with zero attached hydrogens (tertiary/aromatic N) is 2. The van der Waals surface area contributed by atoms with E-state index in [4.69, 9.17) is 14.2 Å². The van der Waals surface area contributed by atoms with Crippen LogP contribution >= 0.6 is 0 Å². The summed E-state index contributed by atoms with van der Waals surface area (Å²) in [5.74, 6) is 1.82. The Labute approximate surface area is 169 Å². The molecule has 0 N–H and O–H groups in total. The number of methoxy groups -OCH3 is 3. The van der Waals surface area contributed by atoms with Gasteiger partial charge in [-0.15, -0.1) is 0 Å². The van der Waals surface area contributed by atoms with Gasteiger partial charge in [0.05, 0.1) is 21.3 Å². The number of hydrogen-bond donors (Lipinski definition) is 0. The van der Waals surface area contributed by atoms with Crippen molar-refractivity contribution in [1.82, 2.24) is 9.80 Å². The number of rotatable bonds is 5. The molecule has 2 aromatic carbocycles. The van der Waals surface area contributed by atoms with Crippen LogP contribution in [0.25, 0.3) is 0 Å². The van der Waals surface area contributed by atoms with E-state index in [9.17, 15) is 9.59 Å². The first-order valence-electron chi connectivity index (χ1n) is 9.51. The van der Waals surface area contributed by atoms with E-state index in [0.29, 0.717) is 31.0 Å². The fourth-order valence-corrected chi connectivity index (χ4v) is 4.07. The molecule has 1 unspecified atom stereocenters. The van der Waals surface area contributed by atoms with Gasteiger partial charge in [0.25, 0.3) is 5.91 Å². The highest BCUT2D eigenvalue weighted by atomic mass is 16.5. The maximum atomic E-state index is 13.4. The van der Waals surface area contributed by atoms with Crippen LogP contribution < -0.4 is 14.2 Å². The number of amides is 2. The molecule has 4 rings (SSSR count). The van der Waals surface area contributed by atoms with Crippen LogP contribution in [0.3, 0.4) is 0 Å². The standard InChI is InChI=1S/C22H24N2O5/c1-27-16-6-4-14(5-7-16)12-23-13-20(25)24-9-8-15-10-18(28-2)19(29-3)11-17(15)21(24)22(23)26/h4-7,10-11,21H,8-9,12-13H2,1-3H3. The normalized spacial score (nSPS) is 18.2. The summed E-state index contributed by atoms with van der Waals surface area (Å²) >= 11 is 0. The maximum Gasteiger partial charge on any atom is 0.250 e. The Morgan fingerprint density at radius 3 is 2.31 bits per heavy atom. The Kier molecular flexibility index (Phi) is 5.05. The molecule has 0 saturated carbocycles. The fourth-order valence-electron chi connectivity index (χ4n) is 4.07. The average Bonchev–Trinajstić information content (AvgIpc) is 2.76. The van der Waals surface area contributed by atoms with Crippen LogP contribution in [0.5, 0.6) is 17.2 Å². The lowest BCUT2D eigenvalue weighted by molar-refractivity contribution is -0.157. The molecule has 0 bridgehead atoms. The van der Waals surface area contributed by atoms with E-state index in [0.717, 1.165) is 22.4 Å². The van der Waals surface area contributed by atoms with Crippen molar-refractivity contribution in [2.45, 2.75) is 19.0 Å². The van der Waals surface area contributed by atoms with E-state index in [1.165, 1.54) is 0 Å². The Hall–Kier alpha value is -3.22. The molecule has 2 amide bonds. The molecule has 2 aromatic rings. The topological polar surface area (TPSA) is 68.3 Å². The number of benzene rings is 2. The average molecular weight is 396 g/mol. The van der Waals surface area contributed by atoms with Gasteiger partial charge in [0.2, 0.25) is 5.91 Å². The van der Waals surface area contributed by atoms with Crippen molar-refractivity contribution in [2.24, 2.45) is 0 Å². The van der Waals surface area contributed by atoms with Gasteiger partial charge < -0.3 is 24.0 Å². The van der Waals surface area contributed by atoms with Crippen LogP contribution in [0, 0.1) is 0 Å². The van der Waals surface area contributed by atoms with Crippen molar-refractivity contribution in [2.75, 3.05) is 34.4 Å². The lowest BCUT2D eigenvalue weighted by atomic mass is 9.89. The smallest absolute Gasteiger partial charge is 0.250 e. The predicted octanol–water partition coefficient (Wildman–Crippen LogP) is 2.18. The molecule has 0 aromatic heterocycles. The van der Waals surface area contributed by atoms with Gasteiger partial charge in [-0.05, 0) is 47.4 Å². The van der Waals surface area contributed by atoms with Gasteiger partial charge in [0.1, 0.15) is 18.3 Å². The quantitative estimate of drug-likeness (QED) is 0.775. The predicted molar refractivity (Wildman–Crippen MR) is 106 cm³/mol. The minimum atomic E-state index is -0.627. The molecule has 0 radical (unpaired) electrons. The molecule has 152 valence electrons. The summed E-state index contributed by atoms with van der Waals surface area (Å²) in [5, 5.41) is 0. The number of carbonyl (C=O) groups excluding carboxylic acids is 2. The molecule has 7 nitrogen and oxygen atoms in total. The Bertz CT molecular complexity index is 941.